The molecule has 2 nitrogen and oxygen atoms in total. The Hall–Kier alpha value is -1.87. The van der Waals surface area contributed by atoms with Crippen LogP contribution in [0.1, 0.15) is 24.2 Å². The van der Waals surface area contributed by atoms with Gasteiger partial charge < -0.3 is 9.84 Å². The summed E-state index contributed by atoms with van der Waals surface area (Å²) in [5.41, 5.74) is 1.43. The van der Waals surface area contributed by atoms with Gasteiger partial charge in [-0.25, -0.2) is 4.39 Å². The fraction of sp³-hybridized carbons (Fsp3) is 0.200. The summed E-state index contributed by atoms with van der Waals surface area (Å²) >= 11 is 0. The molecule has 0 aliphatic heterocycles. The maximum absolute atomic E-state index is 13.0. The quantitative estimate of drug-likeness (QED) is 0.887. The van der Waals surface area contributed by atoms with Gasteiger partial charge in [0.1, 0.15) is 17.3 Å². The van der Waals surface area contributed by atoms with E-state index >= 15 is 0 Å². The van der Waals surface area contributed by atoms with Crippen molar-refractivity contribution in [3.63, 3.8) is 0 Å². The van der Waals surface area contributed by atoms with Crippen LogP contribution in [0.25, 0.3) is 0 Å². The highest BCUT2D eigenvalue weighted by molar-refractivity contribution is 5.41. The third kappa shape index (κ3) is 2.68. The van der Waals surface area contributed by atoms with Crippen LogP contribution in [-0.4, -0.2) is 5.11 Å². The van der Waals surface area contributed by atoms with Gasteiger partial charge >= 0.3 is 0 Å². The average Bonchev–Trinajstić information content (AvgIpc) is 2.33. The third-order valence-electron chi connectivity index (χ3n) is 2.73. The van der Waals surface area contributed by atoms with Crippen molar-refractivity contribution in [2.24, 2.45) is 0 Å². The van der Waals surface area contributed by atoms with Crippen LogP contribution in [0.2, 0.25) is 0 Å². The molecule has 0 spiro atoms. The standard InChI is InChI=1S/C15H15FO2/c1-10-9-12(16)7-8-14(10)18-15-6-4-3-5-13(15)11(2)17/h3-9,11,17H,1-2H3/t11-/m1/s1. The monoisotopic (exact) mass is 246 g/mol. The lowest BCUT2D eigenvalue weighted by atomic mass is 10.1. The van der Waals surface area contributed by atoms with Crippen LogP contribution < -0.4 is 4.74 Å². The summed E-state index contributed by atoms with van der Waals surface area (Å²) in [6, 6.07) is 11.6. The van der Waals surface area contributed by atoms with Gasteiger partial charge in [-0.2, -0.15) is 0 Å². The fourth-order valence-corrected chi connectivity index (χ4v) is 1.76. The van der Waals surface area contributed by atoms with Crippen LogP contribution in [-0.2, 0) is 0 Å². The molecule has 94 valence electrons. The van der Waals surface area contributed by atoms with Crippen molar-refractivity contribution in [1.29, 1.82) is 0 Å². The van der Waals surface area contributed by atoms with Crippen molar-refractivity contribution in [2.75, 3.05) is 0 Å². The zero-order chi connectivity index (χ0) is 13.1. The van der Waals surface area contributed by atoms with E-state index in [4.69, 9.17) is 4.74 Å². The number of halogens is 1. The minimum atomic E-state index is -0.609. The van der Waals surface area contributed by atoms with Gasteiger partial charge in [-0.1, -0.05) is 18.2 Å². The van der Waals surface area contributed by atoms with Gasteiger partial charge in [0.2, 0.25) is 0 Å². The average molecular weight is 246 g/mol. The smallest absolute Gasteiger partial charge is 0.133 e. The third-order valence-corrected chi connectivity index (χ3v) is 2.73. The van der Waals surface area contributed by atoms with E-state index < -0.39 is 6.10 Å². The fourth-order valence-electron chi connectivity index (χ4n) is 1.76. The molecule has 0 fully saturated rings. The number of benzene rings is 2. The zero-order valence-electron chi connectivity index (χ0n) is 10.4. The molecular weight excluding hydrogens is 231 g/mol. The van der Waals surface area contributed by atoms with E-state index in [0.717, 1.165) is 5.56 Å². The molecule has 2 rings (SSSR count). The Morgan fingerprint density at radius 2 is 1.83 bits per heavy atom. The van der Waals surface area contributed by atoms with Crippen LogP contribution in [0, 0.1) is 12.7 Å². The molecule has 2 aromatic rings. The Morgan fingerprint density at radius 3 is 2.50 bits per heavy atom. The number of hydrogen-bond acceptors (Lipinski definition) is 2. The van der Waals surface area contributed by atoms with Gasteiger partial charge in [-0.15, -0.1) is 0 Å². The second kappa shape index (κ2) is 5.19. The lowest BCUT2D eigenvalue weighted by Gasteiger charge is -2.14. The first-order chi connectivity index (χ1) is 8.58. The summed E-state index contributed by atoms with van der Waals surface area (Å²) in [4.78, 5) is 0. The molecule has 3 heteroatoms. The number of ether oxygens (including phenoxy) is 1. The van der Waals surface area contributed by atoms with Crippen molar-refractivity contribution in [1.82, 2.24) is 0 Å². The summed E-state index contributed by atoms with van der Waals surface area (Å²) < 4.78 is 18.7. The molecule has 0 aliphatic carbocycles. The van der Waals surface area contributed by atoms with Crippen LogP contribution in [0.3, 0.4) is 0 Å². The van der Waals surface area contributed by atoms with E-state index in [1.165, 1.54) is 12.1 Å². The van der Waals surface area contributed by atoms with Gasteiger partial charge in [0, 0.05) is 5.56 Å². The molecule has 0 amide bonds. The first-order valence-electron chi connectivity index (χ1n) is 5.79. The van der Waals surface area contributed by atoms with E-state index in [1.807, 2.05) is 12.1 Å². The molecule has 18 heavy (non-hydrogen) atoms. The summed E-state index contributed by atoms with van der Waals surface area (Å²) in [6.07, 6.45) is -0.609. The highest BCUT2D eigenvalue weighted by Crippen LogP contribution is 2.31. The predicted molar refractivity (Wildman–Crippen MR) is 68.3 cm³/mol. The number of aryl methyl sites for hydroxylation is 1. The molecule has 0 unspecified atom stereocenters. The first kappa shape index (κ1) is 12.6. The molecule has 1 atom stereocenters. The Kier molecular flexibility index (Phi) is 3.63. The highest BCUT2D eigenvalue weighted by Gasteiger charge is 2.10. The van der Waals surface area contributed by atoms with E-state index in [9.17, 15) is 9.50 Å². The number of aliphatic hydroxyl groups excluding tert-OH is 1. The van der Waals surface area contributed by atoms with Gasteiger partial charge in [-0.05, 0) is 43.7 Å². The molecule has 1 N–H and O–H groups in total. The Bertz CT molecular complexity index is 550. The van der Waals surface area contributed by atoms with Crippen molar-refractivity contribution >= 4 is 0 Å². The molecule has 0 bridgehead atoms. The predicted octanol–water partition coefficient (Wildman–Crippen LogP) is 3.98. The van der Waals surface area contributed by atoms with Crippen molar-refractivity contribution in [3.05, 3.63) is 59.4 Å². The minimum absolute atomic E-state index is 0.288. The molecule has 0 aliphatic rings. The van der Waals surface area contributed by atoms with Gasteiger partial charge in [-0.3, -0.25) is 0 Å². The SMILES string of the molecule is Cc1cc(F)ccc1Oc1ccccc1[C@@H](C)O. The van der Waals surface area contributed by atoms with Crippen LogP contribution >= 0.6 is 0 Å². The van der Waals surface area contributed by atoms with Gasteiger partial charge in [0.05, 0.1) is 6.10 Å². The largest absolute Gasteiger partial charge is 0.457 e. The lowest BCUT2D eigenvalue weighted by Crippen LogP contribution is -1.96. The van der Waals surface area contributed by atoms with Crippen molar-refractivity contribution in [3.8, 4) is 11.5 Å². The van der Waals surface area contributed by atoms with Crippen LogP contribution in [0.15, 0.2) is 42.5 Å². The Labute approximate surface area is 106 Å². The Morgan fingerprint density at radius 1 is 1.11 bits per heavy atom. The summed E-state index contributed by atoms with van der Waals surface area (Å²) in [6.45, 7) is 3.46. The zero-order valence-corrected chi connectivity index (χ0v) is 10.4. The van der Waals surface area contributed by atoms with Crippen LogP contribution in [0.5, 0.6) is 11.5 Å². The topological polar surface area (TPSA) is 29.5 Å². The molecule has 0 aromatic heterocycles. The van der Waals surface area contributed by atoms with Gasteiger partial charge in [0.15, 0.2) is 0 Å². The summed E-state index contributed by atoms with van der Waals surface area (Å²) in [5, 5.41) is 9.66. The molecule has 0 saturated carbocycles. The van der Waals surface area contributed by atoms with Crippen molar-refractivity contribution in [2.45, 2.75) is 20.0 Å². The second-order valence-electron chi connectivity index (χ2n) is 4.23. The maximum atomic E-state index is 13.0. The molecular formula is C15H15FO2. The molecule has 2 aromatic carbocycles. The lowest BCUT2D eigenvalue weighted by molar-refractivity contribution is 0.195. The maximum Gasteiger partial charge on any atom is 0.133 e. The molecule has 0 radical (unpaired) electrons. The number of hydrogen-bond donors (Lipinski definition) is 1. The normalized spacial score (nSPS) is 12.2. The highest BCUT2D eigenvalue weighted by atomic mass is 19.1. The molecule has 0 saturated heterocycles. The van der Waals surface area contributed by atoms with Gasteiger partial charge in [0.25, 0.3) is 0 Å². The van der Waals surface area contributed by atoms with E-state index in [0.29, 0.717) is 17.1 Å². The first-order valence-corrected chi connectivity index (χ1v) is 5.79. The van der Waals surface area contributed by atoms with E-state index in [1.54, 1.807) is 32.0 Å². The van der Waals surface area contributed by atoms with E-state index in [-0.39, 0.29) is 5.82 Å². The number of aliphatic hydroxyl groups is 1. The number of rotatable bonds is 3. The Balaban J connectivity index is 2.34. The summed E-state index contributed by atoms with van der Waals surface area (Å²) in [7, 11) is 0. The minimum Gasteiger partial charge on any atom is -0.457 e. The van der Waals surface area contributed by atoms with Crippen LogP contribution in [0.4, 0.5) is 4.39 Å². The van der Waals surface area contributed by atoms with Crippen molar-refractivity contribution < 1.29 is 14.2 Å². The van der Waals surface area contributed by atoms with E-state index in [2.05, 4.69) is 0 Å². The number of para-hydroxylation sites is 1. The summed E-state index contributed by atoms with van der Waals surface area (Å²) in [5.74, 6) is 0.885. The second-order valence-corrected chi connectivity index (χ2v) is 4.23. The molecule has 0 heterocycles.